The van der Waals surface area contributed by atoms with E-state index in [1.807, 2.05) is 0 Å². The Bertz CT molecular complexity index is 1390. The molecule has 180 valence electrons. The average Bonchev–Trinajstić information content (AvgIpc) is 2.88. The fourth-order valence-electron chi connectivity index (χ4n) is 3.59. The molecule has 2 heterocycles. The molecule has 2 amide bonds. The third-order valence-corrected chi connectivity index (χ3v) is 6.45. The van der Waals surface area contributed by atoms with Gasteiger partial charge in [-0.2, -0.15) is 5.10 Å². The lowest BCUT2D eigenvalue weighted by Crippen LogP contribution is -2.32. The summed E-state index contributed by atoms with van der Waals surface area (Å²) in [5.41, 5.74) is 2.26. The van der Waals surface area contributed by atoms with Crippen LogP contribution in [0.2, 0.25) is 0 Å². The number of hydrogen-bond donors (Lipinski definition) is 1. The van der Waals surface area contributed by atoms with Gasteiger partial charge in [-0.05, 0) is 55.3 Å². The van der Waals surface area contributed by atoms with E-state index >= 15 is 0 Å². The van der Waals surface area contributed by atoms with Gasteiger partial charge in [0, 0.05) is 42.0 Å². The zero-order valence-electron chi connectivity index (χ0n) is 19.1. The quantitative estimate of drug-likeness (QED) is 0.559. The highest BCUT2D eigenvalue weighted by Gasteiger charge is 2.22. The Morgan fingerprint density at radius 1 is 1.06 bits per heavy atom. The standard InChI is InChI=1S/C24H23N5O5S/c1-34-20-15-17(8-11-21(20)35(2,32)33)19-5-3-14-29(28-19)24(31)16-6-9-18(10-7-16)27-23(30)22-25-12-4-13-26-22/h4,6-13,15H,3,5,14H2,1-2H3,(H,27,30). The SMILES string of the molecule is COc1cc(C2=NN(C(=O)c3ccc(NC(=O)c4ncccn4)cc3)CCC2)ccc1S(C)(=O)=O. The molecule has 0 saturated carbocycles. The molecule has 10 nitrogen and oxygen atoms in total. The number of aromatic nitrogens is 2. The first-order valence-corrected chi connectivity index (χ1v) is 12.6. The summed E-state index contributed by atoms with van der Waals surface area (Å²) in [7, 11) is -2.03. The molecule has 0 unspecified atom stereocenters. The maximum absolute atomic E-state index is 13.0. The number of anilines is 1. The van der Waals surface area contributed by atoms with Gasteiger partial charge in [-0.3, -0.25) is 9.59 Å². The Morgan fingerprint density at radius 3 is 2.43 bits per heavy atom. The number of methoxy groups -OCH3 is 1. The number of nitrogens with one attached hydrogen (secondary N) is 1. The van der Waals surface area contributed by atoms with Gasteiger partial charge < -0.3 is 10.1 Å². The summed E-state index contributed by atoms with van der Waals surface area (Å²) in [5.74, 6) is -0.461. The fourth-order valence-corrected chi connectivity index (χ4v) is 4.42. The van der Waals surface area contributed by atoms with Crippen LogP contribution < -0.4 is 10.1 Å². The van der Waals surface area contributed by atoms with Gasteiger partial charge in [-0.1, -0.05) is 6.07 Å². The Labute approximate surface area is 202 Å². The Kier molecular flexibility index (Phi) is 6.87. The zero-order chi connectivity index (χ0) is 25.0. The second-order valence-electron chi connectivity index (χ2n) is 7.82. The van der Waals surface area contributed by atoms with Crippen molar-refractivity contribution >= 4 is 33.1 Å². The summed E-state index contributed by atoms with van der Waals surface area (Å²) in [6.07, 6.45) is 5.42. The third kappa shape index (κ3) is 5.52. The van der Waals surface area contributed by atoms with Gasteiger partial charge in [-0.25, -0.2) is 23.4 Å². The molecule has 3 aromatic rings. The summed E-state index contributed by atoms with van der Waals surface area (Å²) >= 11 is 0. The number of nitrogens with zero attached hydrogens (tertiary/aromatic N) is 4. The predicted molar refractivity (Wildman–Crippen MR) is 129 cm³/mol. The maximum atomic E-state index is 13.0. The van der Waals surface area contributed by atoms with E-state index < -0.39 is 15.7 Å². The average molecular weight is 494 g/mol. The summed E-state index contributed by atoms with van der Waals surface area (Å²) in [5, 5.41) is 8.59. The molecule has 0 bridgehead atoms. The number of ether oxygens (including phenoxy) is 1. The summed E-state index contributed by atoms with van der Waals surface area (Å²) in [6.45, 7) is 0.449. The highest BCUT2D eigenvalue weighted by molar-refractivity contribution is 7.90. The van der Waals surface area contributed by atoms with E-state index in [-0.39, 0.29) is 22.4 Å². The Hall–Kier alpha value is -4.12. The molecule has 0 radical (unpaired) electrons. The van der Waals surface area contributed by atoms with Gasteiger partial charge in [0.25, 0.3) is 11.8 Å². The van der Waals surface area contributed by atoms with Crippen molar-refractivity contribution in [2.75, 3.05) is 25.2 Å². The molecular weight excluding hydrogens is 470 g/mol. The van der Waals surface area contributed by atoms with Gasteiger partial charge in [0.2, 0.25) is 5.82 Å². The van der Waals surface area contributed by atoms with E-state index in [1.165, 1.54) is 30.6 Å². The van der Waals surface area contributed by atoms with E-state index in [2.05, 4.69) is 20.4 Å². The number of amides is 2. The van der Waals surface area contributed by atoms with Gasteiger partial charge in [0.15, 0.2) is 9.84 Å². The van der Waals surface area contributed by atoms with Crippen molar-refractivity contribution in [3.05, 3.63) is 77.9 Å². The van der Waals surface area contributed by atoms with Crippen LogP contribution in [-0.2, 0) is 9.84 Å². The third-order valence-electron chi connectivity index (χ3n) is 5.31. The number of sulfone groups is 1. The van der Waals surface area contributed by atoms with Gasteiger partial charge in [-0.15, -0.1) is 0 Å². The zero-order valence-corrected chi connectivity index (χ0v) is 19.9. The highest BCUT2D eigenvalue weighted by atomic mass is 32.2. The molecule has 1 aliphatic rings. The van der Waals surface area contributed by atoms with Crippen LogP contribution in [0.25, 0.3) is 0 Å². The van der Waals surface area contributed by atoms with Crippen LogP contribution in [0.1, 0.15) is 39.4 Å². The van der Waals surface area contributed by atoms with E-state index in [0.29, 0.717) is 41.9 Å². The van der Waals surface area contributed by atoms with E-state index in [0.717, 1.165) is 6.26 Å². The molecular formula is C24H23N5O5S. The van der Waals surface area contributed by atoms with Crippen LogP contribution >= 0.6 is 0 Å². The van der Waals surface area contributed by atoms with Gasteiger partial charge in [0.1, 0.15) is 10.6 Å². The minimum atomic E-state index is -3.44. The number of benzene rings is 2. The van der Waals surface area contributed by atoms with E-state index in [9.17, 15) is 18.0 Å². The lowest BCUT2D eigenvalue weighted by atomic mass is 10.0. The second-order valence-corrected chi connectivity index (χ2v) is 9.80. The van der Waals surface area contributed by atoms with Crippen molar-refractivity contribution < 1.29 is 22.7 Å². The minimum absolute atomic E-state index is 0.0454. The molecule has 1 aromatic heterocycles. The normalized spacial score (nSPS) is 13.7. The lowest BCUT2D eigenvalue weighted by Gasteiger charge is -2.24. The molecule has 0 spiro atoms. The van der Waals surface area contributed by atoms with Crippen LogP contribution in [0.5, 0.6) is 5.75 Å². The molecule has 11 heteroatoms. The molecule has 1 aliphatic heterocycles. The predicted octanol–water partition coefficient (Wildman–Crippen LogP) is 2.78. The number of rotatable bonds is 6. The van der Waals surface area contributed by atoms with Crippen molar-refractivity contribution in [1.29, 1.82) is 0 Å². The summed E-state index contributed by atoms with van der Waals surface area (Å²) in [6, 6.07) is 12.9. The number of hydrazone groups is 1. The molecule has 0 aliphatic carbocycles. The maximum Gasteiger partial charge on any atom is 0.293 e. The number of hydrogen-bond acceptors (Lipinski definition) is 8. The molecule has 2 aromatic carbocycles. The van der Waals surface area contributed by atoms with Crippen LogP contribution in [0.4, 0.5) is 5.69 Å². The Balaban J connectivity index is 1.50. The van der Waals surface area contributed by atoms with Crippen LogP contribution in [0, 0.1) is 0 Å². The topological polar surface area (TPSA) is 131 Å². The van der Waals surface area contributed by atoms with Crippen LogP contribution in [-0.4, -0.2) is 60.8 Å². The molecule has 0 atom stereocenters. The van der Waals surface area contributed by atoms with Crippen LogP contribution in [0.15, 0.2) is 70.9 Å². The summed E-state index contributed by atoms with van der Waals surface area (Å²) in [4.78, 5) is 33.2. The summed E-state index contributed by atoms with van der Waals surface area (Å²) < 4.78 is 29.2. The van der Waals surface area contributed by atoms with Crippen molar-refractivity contribution in [3.63, 3.8) is 0 Å². The largest absolute Gasteiger partial charge is 0.495 e. The first kappa shape index (κ1) is 24.0. The molecule has 4 rings (SSSR count). The Morgan fingerprint density at radius 2 is 1.77 bits per heavy atom. The van der Waals surface area contributed by atoms with Gasteiger partial charge in [0.05, 0.1) is 12.8 Å². The molecule has 0 saturated heterocycles. The number of carbonyl (C=O) groups excluding carboxylic acids is 2. The molecule has 0 fully saturated rings. The minimum Gasteiger partial charge on any atom is -0.495 e. The highest BCUT2D eigenvalue weighted by Crippen LogP contribution is 2.27. The number of carbonyl (C=O) groups is 2. The fraction of sp³-hybridized carbons (Fsp3) is 0.208. The van der Waals surface area contributed by atoms with Crippen molar-refractivity contribution in [1.82, 2.24) is 15.0 Å². The van der Waals surface area contributed by atoms with Crippen molar-refractivity contribution in [3.8, 4) is 5.75 Å². The van der Waals surface area contributed by atoms with Gasteiger partial charge >= 0.3 is 0 Å². The molecule has 1 N–H and O–H groups in total. The van der Waals surface area contributed by atoms with Crippen molar-refractivity contribution in [2.24, 2.45) is 5.10 Å². The van der Waals surface area contributed by atoms with E-state index in [1.54, 1.807) is 42.5 Å². The van der Waals surface area contributed by atoms with E-state index in [4.69, 9.17) is 4.74 Å². The second kappa shape index (κ2) is 10.0. The molecule has 35 heavy (non-hydrogen) atoms. The first-order valence-electron chi connectivity index (χ1n) is 10.7. The monoisotopic (exact) mass is 493 g/mol. The van der Waals surface area contributed by atoms with Crippen LogP contribution in [0.3, 0.4) is 0 Å². The first-order chi connectivity index (χ1) is 16.8. The van der Waals surface area contributed by atoms with Crippen molar-refractivity contribution in [2.45, 2.75) is 17.7 Å². The smallest absolute Gasteiger partial charge is 0.293 e. The lowest BCUT2D eigenvalue weighted by molar-refractivity contribution is 0.0751.